The molecular weight excluding hydrogens is 266 g/mol. The van der Waals surface area contributed by atoms with Crippen LogP contribution in [0.15, 0.2) is 18.2 Å². The number of carbonyl (C=O) groups excluding carboxylic acids is 1. The molecule has 2 aromatic rings. The van der Waals surface area contributed by atoms with Crippen molar-refractivity contribution in [3.63, 3.8) is 0 Å². The van der Waals surface area contributed by atoms with E-state index in [9.17, 15) is 9.59 Å². The van der Waals surface area contributed by atoms with Crippen molar-refractivity contribution in [1.29, 1.82) is 0 Å². The van der Waals surface area contributed by atoms with Gasteiger partial charge in [-0.2, -0.15) is 0 Å². The summed E-state index contributed by atoms with van der Waals surface area (Å²) in [6, 6.07) is 4.64. The second-order valence-electron chi connectivity index (χ2n) is 4.21. The van der Waals surface area contributed by atoms with Crippen molar-refractivity contribution < 1.29 is 14.7 Å². The molecule has 0 aliphatic heterocycles. The Morgan fingerprint density at radius 1 is 1.53 bits per heavy atom. The summed E-state index contributed by atoms with van der Waals surface area (Å²) in [7, 11) is 0. The number of nitrogens with two attached hydrogens (primary N) is 1. The Labute approximate surface area is 113 Å². The van der Waals surface area contributed by atoms with Crippen molar-refractivity contribution in [2.24, 2.45) is 0 Å². The third kappa shape index (κ3) is 3.19. The highest BCUT2D eigenvalue weighted by Gasteiger charge is 2.13. The Hall–Kier alpha value is -2.15. The summed E-state index contributed by atoms with van der Waals surface area (Å²) in [5.74, 6) is -1.25. The summed E-state index contributed by atoms with van der Waals surface area (Å²) >= 11 is 1.31. The first kappa shape index (κ1) is 13.3. The van der Waals surface area contributed by atoms with Crippen LogP contribution in [0.3, 0.4) is 0 Å². The fraction of sp³-hybridized carbons (Fsp3) is 0.250. The van der Waals surface area contributed by atoms with Crippen LogP contribution >= 0.6 is 11.3 Å². The number of fused-ring (bicyclic) bond motifs is 1. The van der Waals surface area contributed by atoms with E-state index in [0.29, 0.717) is 10.7 Å². The van der Waals surface area contributed by atoms with E-state index in [0.717, 1.165) is 10.2 Å². The molecule has 1 aromatic heterocycles. The Balaban J connectivity index is 2.14. The third-order valence-electron chi connectivity index (χ3n) is 2.53. The maximum atomic E-state index is 11.9. The van der Waals surface area contributed by atoms with Gasteiger partial charge in [-0.25, -0.2) is 4.98 Å². The van der Waals surface area contributed by atoms with E-state index in [1.807, 2.05) is 0 Å². The van der Waals surface area contributed by atoms with Crippen LogP contribution in [0.1, 0.15) is 23.7 Å². The Bertz CT molecular complexity index is 638. The number of anilines is 1. The first-order valence-corrected chi connectivity index (χ1v) is 6.46. The summed E-state index contributed by atoms with van der Waals surface area (Å²) < 4.78 is 0.830. The summed E-state index contributed by atoms with van der Waals surface area (Å²) in [6.45, 7) is 1.65. The van der Waals surface area contributed by atoms with E-state index >= 15 is 0 Å². The molecule has 4 N–H and O–H groups in total. The highest BCUT2D eigenvalue weighted by atomic mass is 32.1. The summed E-state index contributed by atoms with van der Waals surface area (Å²) in [4.78, 5) is 26.6. The summed E-state index contributed by atoms with van der Waals surface area (Å²) in [6.07, 6.45) is -0.110. The number of rotatable bonds is 4. The number of aliphatic carboxylic acids is 1. The molecule has 100 valence electrons. The van der Waals surface area contributed by atoms with Crippen LogP contribution in [-0.4, -0.2) is 28.0 Å². The molecular formula is C12H13N3O3S. The standard InChI is InChI=1S/C12H13N3O3S/c1-6(4-10(16)17)14-11(18)7-2-3-8-9(5-7)19-12(13)15-8/h2-3,5-6H,4H2,1H3,(H2,13,15)(H,14,18)(H,16,17). The number of benzene rings is 1. The van der Waals surface area contributed by atoms with Gasteiger partial charge in [0.25, 0.3) is 5.91 Å². The van der Waals surface area contributed by atoms with Gasteiger partial charge in [-0.05, 0) is 25.1 Å². The molecule has 0 fully saturated rings. The van der Waals surface area contributed by atoms with Crippen molar-refractivity contribution in [3.8, 4) is 0 Å². The number of carboxylic acid groups (broad SMARTS) is 1. The zero-order valence-electron chi connectivity index (χ0n) is 10.2. The third-order valence-corrected chi connectivity index (χ3v) is 3.37. The molecule has 7 heteroatoms. The molecule has 6 nitrogen and oxygen atoms in total. The average Bonchev–Trinajstić information content (AvgIpc) is 2.66. The van der Waals surface area contributed by atoms with Crippen molar-refractivity contribution in [3.05, 3.63) is 23.8 Å². The minimum absolute atomic E-state index is 0.110. The zero-order chi connectivity index (χ0) is 14.0. The molecule has 0 aliphatic carbocycles. The smallest absolute Gasteiger partial charge is 0.305 e. The molecule has 0 bridgehead atoms. The molecule has 0 spiro atoms. The number of nitrogens with zero attached hydrogens (tertiary/aromatic N) is 1. The predicted molar refractivity (Wildman–Crippen MR) is 73.2 cm³/mol. The maximum absolute atomic E-state index is 11.9. The van der Waals surface area contributed by atoms with Gasteiger partial charge in [0.2, 0.25) is 0 Å². The predicted octanol–water partition coefficient (Wildman–Crippen LogP) is 1.47. The van der Waals surface area contributed by atoms with Gasteiger partial charge in [0, 0.05) is 11.6 Å². The van der Waals surface area contributed by atoms with Crippen LogP contribution in [0.5, 0.6) is 0 Å². The van der Waals surface area contributed by atoms with Gasteiger partial charge in [-0.3, -0.25) is 9.59 Å². The van der Waals surface area contributed by atoms with Crippen LogP contribution in [-0.2, 0) is 4.79 Å². The van der Waals surface area contributed by atoms with E-state index in [4.69, 9.17) is 10.8 Å². The number of hydrogen-bond acceptors (Lipinski definition) is 5. The number of carboxylic acids is 1. The molecule has 1 atom stereocenters. The second-order valence-corrected chi connectivity index (χ2v) is 5.27. The molecule has 1 heterocycles. The van der Waals surface area contributed by atoms with Gasteiger partial charge in [0.1, 0.15) is 0 Å². The molecule has 19 heavy (non-hydrogen) atoms. The summed E-state index contributed by atoms with van der Waals surface area (Å²) in [5, 5.41) is 11.7. The highest BCUT2D eigenvalue weighted by molar-refractivity contribution is 7.22. The molecule has 0 saturated carbocycles. The number of nitrogen functional groups attached to an aromatic ring is 1. The van der Waals surface area contributed by atoms with Crippen LogP contribution < -0.4 is 11.1 Å². The lowest BCUT2D eigenvalue weighted by Crippen LogP contribution is -2.34. The van der Waals surface area contributed by atoms with E-state index < -0.39 is 12.0 Å². The van der Waals surface area contributed by atoms with Crippen LogP contribution in [0.25, 0.3) is 10.2 Å². The number of nitrogens with one attached hydrogen (secondary N) is 1. The normalized spacial score (nSPS) is 12.3. The largest absolute Gasteiger partial charge is 0.481 e. The van der Waals surface area contributed by atoms with E-state index in [-0.39, 0.29) is 12.3 Å². The molecule has 1 amide bonds. The number of thiazole rings is 1. The Kier molecular flexibility index (Phi) is 3.66. The van der Waals surface area contributed by atoms with Gasteiger partial charge in [0.05, 0.1) is 16.6 Å². The molecule has 2 rings (SSSR count). The molecule has 1 aromatic carbocycles. The molecule has 0 saturated heterocycles. The molecule has 0 aliphatic rings. The average molecular weight is 279 g/mol. The first-order valence-electron chi connectivity index (χ1n) is 5.64. The van der Waals surface area contributed by atoms with Gasteiger partial charge >= 0.3 is 5.97 Å². The zero-order valence-corrected chi connectivity index (χ0v) is 11.0. The van der Waals surface area contributed by atoms with Gasteiger partial charge in [-0.1, -0.05) is 11.3 Å². The lowest BCUT2D eigenvalue weighted by molar-refractivity contribution is -0.137. The van der Waals surface area contributed by atoms with Crippen LogP contribution in [0.2, 0.25) is 0 Å². The van der Waals surface area contributed by atoms with Gasteiger partial charge in [0.15, 0.2) is 5.13 Å². The summed E-state index contributed by atoms with van der Waals surface area (Å²) in [5.41, 5.74) is 6.81. The Morgan fingerprint density at radius 3 is 2.95 bits per heavy atom. The number of hydrogen-bond donors (Lipinski definition) is 3. The number of carbonyl (C=O) groups is 2. The van der Waals surface area contributed by atoms with Gasteiger partial charge < -0.3 is 16.2 Å². The van der Waals surface area contributed by atoms with Crippen molar-refractivity contribution in [2.45, 2.75) is 19.4 Å². The second kappa shape index (κ2) is 5.23. The van der Waals surface area contributed by atoms with Crippen LogP contribution in [0.4, 0.5) is 5.13 Å². The Morgan fingerprint density at radius 2 is 2.26 bits per heavy atom. The quantitative estimate of drug-likeness (QED) is 0.786. The first-order chi connectivity index (χ1) is 8.95. The number of amides is 1. The van der Waals surface area contributed by atoms with Crippen molar-refractivity contribution >= 4 is 38.6 Å². The monoisotopic (exact) mass is 279 g/mol. The maximum Gasteiger partial charge on any atom is 0.305 e. The SMILES string of the molecule is CC(CC(=O)O)NC(=O)c1ccc2nc(N)sc2c1. The lowest BCUT2D eigenvalue weighted by Gasteiger charge is -2.11. The van der Waals surface area contributed by atoms with E-state index in [2.05, 4.69) is 10.3 Å². The molecule has 0 radical (unpaired) electrons. The minimum atomic E-state index is -0.946. The van der Waals surface area contributed by atoms with Gasteiger partial charge in [-0.15, -0.1) is 0 Å². The molecule has 1 unspecified atom stereocenters. The van der Waals surface area contributed by atoms with Crippen molar-refractivity contribution in [2.75, 3.05) is 5.73 Å². The fourth-order valence-electron chi connectivity index (χ4n) is 1.70. The lowest BCUT2D eigenvalue weighted by atomic mass is 10.1. The highest BCUT2D eigenvalue weighted by Crippen LogP contribution is 2.24. The van der Waals surface area contributed by atoms with E-state index in [1.165, 1.54) is 11.3 Å². The fourth-order valence-corrected chi connectivity index (χ4v) is 2.48. The van der Waals surface area contributed by atoms with Crippen molar-refractivity contribution in [1.82, 2.24) is 10.3 Å². The topological polar surface area (TPSA) is 105 Å². The van der Waals surface area contributed by atoms with Crippen LogP contribution in [0, 0.1) is 0 Å². The van der Waals surface area contributed by atoms with E-state index in [1.54, 1.807) is 25.1 Å². The minimum Gasteiger partial charge on any atom is -0.481 e. The number of aromatic nitrogens is 1.